The number of benzene rings is 2. The van der Waals surface area contributed by atoms with Crippen LogP contribution in [0.5, 0.6) is 0 Å². The first-order valence-electron chi connectivity index (χ1n) is 15.9. The third-order valence-corrected chi connectivity index (χ3v) is 8.86. The molecule has 6 nitrogen and oxygen atoms in total. The lowest BCUT2D eigenvalue weighted by Gasteiger charge is -2.35. The number of aryl methyl sites for hydroxylation is 1. The lowest BCUT2D eigenvalue weighted by Crippen LogP contribution is -2.32. The zero-order chi connectivity index (χ0) is 31.1. The van der Waals surface area contributed by atoms with E-state index in [1.165, 1.54) is 11.1 Å². The summed E-state index contributed by atoms with van der Waals surface area (Å²) in [6.07, 6.45) is 7.75. The van der Waals surface area contributed by atoms with E-state index in [0.717, 1.165) is 59.3 Å². The molecule has 0 radical (unpaired) electrons. The molecule has 44 heavy (non-hydrogen) atoms. The predicted octanol–water partition coefficient (Wildman–Crippen LogP) is 7.16. The second kappa shape index (κ2) is 14.3. The van der Waals surface area contributed by atoms with Crippen LogP contribution in [0.25, 0.3) is 0 Å². The van der Waals surface area contributed by atoms with Crippen LogP contribution in [0.2, 0.25) is 0 Å². The van der Waals surface area contributed by atoms with E-state index in [1.807, 2.05) is 61.8 Å². The van der Waals surface area contributed by atoms with Gasteiger partial charge in [-0.2, -0.15) is 0 Å². The van der Waals surface area contributed by atoms with E-state index in [0.29, 0.717) is 19.6 Å². The van der Waals surface area contributed by atoms with Gasteiger partial charge in [-0.3, -0.25) is 19.7 Å². The Morgan fingerprint density at radius 2 is 1.80 bits per heavy atom. The van der Waals surface area contributed by atoms with Crippen molar-refractivity contribution in [2.45, 2.75) is 97.0 Å². The summed E-state index contributed by atoms with van der Waals surface area (Å²) in [4.78, 5) is 25.2. The number of carbonyl (C=O) groups is 1. The number of rotatable bonds is 11. The molecule has 1 unspecified atom stereocenters. The number of amides is 1. The van der Waals surface area contributed by atoms with Gasteiger partial charge in [-0.05, 0) is 82.7 Å². The smallest absolute Gasteiger partial charge is 0.227 e. The topological polar surface area (TPSA) is 78.4 Å². The summed E-state index contributed by atoms with van der Waals surface area (Å²) in [6.45, 7) is 10.4. The number of nitrogens with one attached hydrogen (secondary N) is 1. The zero-order valence-electron chi connectivity index (χ0n) is 26.6. The third kappa shape index (κ3) is 7.61. The van der Waals surface area contributed by atoms with E-state index in [2.05, 4.69) is 61.3 Å². The largest absolute Gasteiger partial charge is 0.392 e. The summed E-state index contributed by atoms with van der Waals surface area (Å²) >= 11 is 0. The number of carbonyl (C=O) groups excluding carboxylic acids is 1. The fourth-order valence-corrected chi connectivity index (χ4v) is 6.34. The van der Waals surface area contributed by atoms with Crippen LogP contribution in [-0.4, -0.2) is 25.9 Å². The van der Waals surface area contributed by atoms with Gasteiger partial charge in [-0.1, -0.05) is 82.3 Å². The van der Waals surface area contributed by atoms with Crippen molar-refractivity contribution in [3.8, 4) is 0 Å². The molecule has 0 saturated carbocycles. The molecular formula is C38H46N4O2. The molecule has 4 aromatic rings. The summed E-state index contributed by atoms with van der Waals surface area (Å²) < 4.78 is 0. The second-order valence-electron chi connectivity index (χ2n) is 13.0. The van der Waals surface area contributed by atoms with Gasteiger partial charge in [0.1, 0.15) is 0 Å². The maximum atomic E-state index is 13.1. The predicted molar refractivity (Wildman–Crippen MR) is 176 cm³/mol. The Morgan fingerprint density at radius 1 is 0.977 bits per heavy atom. The quantitative estimate of drug-likeness (QED) is 0.194. The fraction of sp³-hybridized carbons (Fsp3) is 0.395. The summed E-state index contributed by atoms with van der Waals surface area (Å²) in [7, 11) is 0. The van der Waals surface area contributed by atoms with Gasteiger partial charge in [0.05, 0.1) is 30.0 Å². The standard InChI is InChI=1S/C38H46N4O2/c1-5-34(28-11-7-6-8-12-28)37(44)41-23-27-16-17-30(31(21-27)26-43)24-42(25-33-22-32(18-20-39-33)38(2,3)4)35-15-9-13-29-14-10-19-40-36(29)35/h6-8,10-12,14,16-22,34-35,43H,5,9,13,15,23-26H2,1-4H3,(H,41,44)/t34?,35-/m0/s1. The minimum absolute atomic E-state index is 0.0213. The van der Waals surface area contributed by atoms with Crippen LogP contribution in [0.4, 0.5) is 0 Å². The molecule has 2 N–H and O–H groups in total. The van der Waals surface area contributed by atoms with Crippen molar-refractivity contribution < 1.29 is 9.90 Å². The summed E-state index contributed by atoms with van der Waals surface area (Å²) in [6, 6.07) is 24.9. The number of fused-ring (bicyclic) bond motifs is 1. The van der Waals surface area contributed by atoms with Gasteiger partial charge in [0.15, 0.2) is 0 Å². The van der Waals surface area contributed by atoms with Crippen molar-refractivity contribution in [1.29, 1.82) is 0 Å². The maximum Gasteiger partial charge on any atom is 0.227 e. The average molecular weight is 591 g/mol. The molecule has 0 fully saturated rings. The fourth-order valence-electron chi connectivity index (χ4n) is 6.34. The lowest BCUT2D eigenvalue weighted by atomic mass is 9.87. The Hall–Kier alpha value is -3.87. The van der Waals surface area contributed by atoms with Crippen molar-refractivity contribution in [2.24, 2.45) is 0 Å². The summed E-state index contributed by atoms with van der Waals surface area (Å²) in [5.74, 6) is -0.160. The molecule has 0 aliphatic heterocycles. The van der Waals surface area contributed by atoms with E-state index >= 15 is 0 Å². The van der Waals surface area contributed by atoms with E-state index in [4.69, 9.17) is 9.97 Å². The number of hydrogen-bond donors (Lipinski definition) is 2. The Balaban J connectivity index is 1.38. The number of nitrogens with zero attached hydrogens (tertiary/aromatic N) is 3. The summed E-state index contributed by atoms with van der Waals surface area (Å²) in [5, 5.41) is 13.6. The lowest BCUT2D eigenvalue weighted by molar-refractivity contribution is -0.122. The van der Waals surface area contributed by atoms with Crippen LogP contribution in [0.3, 0.4) is 0 Å². The second-order valence-corrected chi connectivity index (χ2v) is 13.0. The SMILES string of the molecule is CCC(C(=O)NCc1ccc(CN(Cc2cc(C(C)(C)C)ccn2)[C@H]2CCCc3cccnc32)c(CO)c1)c1ccccc1. The van der Waals surface area contributed by atoms with Crippen molar-refractivity contribution >= 4 is 5.91 Å². The molecular weight excluding hydrogens is 544 g/mol. The number of aromatic nitrogens is 2. The highest BCUT2D eigenvalue weighted by Crippen LogP contribution is 2.35. The van der Waals surface area contributed by atoms with Gasteiger partial charge in [0.25, 0.3) is 0 Å². The monoisotopic (exact) mass is 590 g/mol. The number of hydrogen-bond acceptors (Lipinski definition) is 5. The van der Waals surface area contributed by atoms with Crippen LogP contribution in [0.15, 0.2) is 85.2 Å². The van der Waals surface area contributed by atoms with Gasteiger partial charge >= 0.3 is 0 Å². The molecule has 1 aliphatic rings. The van der Waals surface area contributed by atoms with Gasteiger partial charge in [0.2, 0.25) is 5.91 Å². The first kappa shape index (κ1) is 31.6. The molecule has 0 saturated heterocycles. The van der Waals surface area contributed by atoms with Crippen LogP contribution < -0.4 is 5.32 Å². The molecule has 2 aromatic carbocycles. The van der Waals surface area contributed by atoms with E-state index in [1.54, 1.807) is 0 Å². The van der Waals surface area contributed by atoms with Gasteiger partial charge in [-0.15, -0.1) is 0 Å². The molecule has 0 bridgehead atoms. The van der Waals surface area contributed by atoms with E-state index in [-0.39, 0.29) is 29.9 Å². The van der Waals surface area contributed by atoms with Crippen LogP contribution >= 0.6 is 0 Å². The minimum atomic E-state index is -0.182. The van der Waals surface area contributed by atoms with Crippen molar-refractivity contribution in [3.05, 3.63) is 130 Å². The molecule has 5 rings (SSSR count). The highest BCUT2D eigenvalue weighted by atomic mass is 16.3. The average Bonchev–Trinajstić information content (AvgIpc) is 3.04. The molecule has 1 aliphatic carbocycles. The Labute approximate surface area is 262 Å². The van der Waals surface area contributed by atoms with E-state index in [9.17, 15) is 9.90 Å². The maximum absolute atomic E-state index is 13.1. The molecule has 2 aromatic heterocycles. The van der Waals surface area contributed by atoms with E-state index < -0.39 is 0 Å². The number of pyridine rings is 2. The normalized spacial score (nSPS) is 15.5. The third-order valence-electron chi connectivity index (χ3n) is 8.86. The molecule has 2 atom stereocenters. The molecule has 2 heterocycles. The highest BCUT2D eigenvalue weighted by molar-refractivity contribution is 5.83. The highest BCUT2D eigenvalue weighted by Gasteiger charge is 2.29. The minimum Gasteiger partial charge on any atom is -0.392 e. The molecule has 0 spiro atoms. The van der Waals surface area contributed by atoms with Gasteiger partial charge in [-0.25, -0.2) is 0 Å². The Kier molecular flexibility index (Phi) is 10.2. The number of aliphatic hydroxyl groups excluding tert-OH is 1. The van der Waals surface area contributed by atoms with Crippen LogP contribution in [0.1, 0.15) is 104 Å². The zero-order valence-corrected chi connectivity index (χ0v) is 26.6. The first-order chi connectivity index (χ1) is 21.3. The van der Waals surface area contributed by atoms with Gasteiger partial charge < -0.3 is 10.4 Å². The summed E-state index contributed by atoms with van der Waals surface area (Å²) in [5.41, 5.74) is 8.77. The molecule has 230 valence electrons. The van der Waals surface area contributed by atoms with Crippen molar-refractivity contribution in [1.82, 2.24) is 20.2 Å². The molecule has 1 amide bonds. The Bertz CT molecular complexity index is 1550. The van der Waals surface area contributed by atoms with Crippen molar-refractivity contribution in [2.75, 3.05) is 0 Å². The number of aliphatic hydroxyl groups is 1. The van der Waals surface area contributed by atoms with Crippen molar-refractivity contribution in [3.63, 3.8) is 0 Å². The first-order valence-corrected chi connectivity index (χ1v) is 15.9. The van der Waals surface area contributed by atoms with Crippen LogP contribution in [0, 0.1) is 0 Å². The molecule has 6 heteroatoms. The van der Waals surface area contributed by atoms with Crippen LogP contribution in [-0.2, 0) is 42.9 Å². The Morgan fingerprint density at radius 3 is 2.55 bits per heavy atom. The van der Waals surface area contributed by atoms with Gasteiger partial charge in [0, 0.05) is 32.0 Å².